The van der Waals surface area contributed by atoms with Gasteiger partial charge in [-0.2, -0.15) is 0 Å². The Kier molecular flexibility index (Phi) is 6.40. The Morgan fingerprint density at radius 3 is 2.71 bits per heavy atom. The zero-order chi connectivity index (χ0) is 17.5. The third-order valence-corrected chi connectivity index (χ3v) is 4.18. The summed E-state index contributed by atoms with van der Waals surface area (Å²) in [7, 11) is 6.09. The van der Waals surface area contributed by atoms with Crippen LogP contribution < -0.4 is 5.32 Å². The van der Waals surface area contributed by atoms with Crippen molar-refractivity contribution in [3.63, 3.8) is 0 Å². The van der Waals surface area contributed by atoms with Crippen LogP contribution in [0.2, 0.25) is 0 Å². The molecule has 1 N–H and O–H groups in total. The van der Waals surface area contributed by atoms with Crippen LogP contribution in [0, 0.1) is 6.92 Å². The highest BCUT2D eigenvalue weighted by Gasteiger charge is 2.10. The fourth-order valence-corrected chi connectivity index (χ4v) is 2.40. The summed E-state index contributed by atoms with van der Waals surface area (Å²) in [6, 6.07) is 4.19. The molecule has 7 heteroatoms. The van der Waals surface area contributed by atoms with E-state index in [9.17, 15) is 0 Å². The molecule has 2 aromatic rings. The Hall–Kier alpha value is -2.31. The molecule has 0 aliphatic rings. The lowest BCUT2D eigenvalue weighted by Crippen LogP contribution is -2.39. The Morgan fingerprint density at radius 2 is 2.12 bits per heavy atom. The third kappa shape index (κ3) is 4.59. The topological polar surface area (TPSA) is 63.3 Å². The predicted molar refractivity (Wildman–Crippen MR) is 96.7 cm³/mol. The van der Waals surface area contributed by atoms with Gasteiger partial charge in [0.2, 0.25) is 0 Å². The van der Waals surface area contributed by atoms with Gasteiger partial charge in [-0.3, -0.25) is 0 Å². The predicted octanol–water partition coefficient (Wildman–Crippen LogP) is 1.84. The van der Waals surface area contributed by atoms with Crippen LogP contribution in [0.5, 0.6) is 0 Å². The van der Waals surface area contributed by atoms with Crippen molar-refractivity contribution in [2.75, 3.05) is 13.6 Å². The van der Waals surface area contributed by atoms with Gasteiger partial charge in [0, 0.05) is 39.6 Å². The highest BCUT2D eigenvalue weighted by Crippen LogP contribution is 2.05. The van der Waals surface area contributed by atoms with Crippen LogP contribution in [0.1, 0.15) is 37.1 Å². The molecule has 0 bridgehead atoms. The van der Waals surface area contributed by atoms with Gasteiger partial charge in [0.1, 0.15) is 12.4 Å². The molecule has 0 amide bonds. The highest BCUT2D eigenvalue weighted by molar-refractivity contribution is 5.79. The van der Waals surface area contributed by atoms with E-state index in [1.165, 1.54) is 5.69 Å². The van der Waals surface area contributed by atoms with Crippen molar-refractivity contribution in [2.45, 2.75) is 39.8 Å². The number of hydrogen-bond acceptors (Lipinski definition) is 3. The molecule has 2 aromatic heterocycles. The average molecular weight is 331 g/mol. The van der Waals surface area contributed by atoms with Crippen molar-refractivity contribution in [3.8, 4) is 0 Å². The van der Waals surface area contributed by atoms with Crippen LogP contribution in [0.3, 0.4) is 0 Å². The van der Waals surface area contributed by atoms with Crippen LogP contribution in [-0.2, 0) is 27.2 Å². The van der Waals surface area contributed by atoms with Crippen LogP contribution in [0.15, 0.2) is 23.3 Å². The van der Waals surface area contributed by atoms with Crippen LogP contribution in [0.4, 0.5) is 0 Å². The van der Waals surface area contributed by atoms with Crippen LogP contribution >= 0.6 is 0 Å². The van der Waals surface area contributed by atoms with E-state index in [0.29, 0.717) is 6.54 Å². The SMILES string of the molecule is CCCCNC(=NCc1nnc(C)n1C)N(C)Cc1cccn1C. The fraction of sp³-hybridized carbons (Fsp3) is 0.588. The molecular weight excluding hydrogens is 302 g/mol. The lowest BCUT2D eigenvalue weighted by atomic mass is 10.3. The Morgan fingerprint density at radius 1 is 1.33 bits per heavy atom. The fourth-order valence-electron chi connectivity index (χ4n) is 2.40. The first kappa shape index (κ1) is 18.0. The van der Waals surface area contributed by atoms with Crippen molar-refractivity contribution in [1.29, 1.82) is 0 Å². The van der Waals surface area contributed by atoms with E-state index < -0.39 is 0 Å². The largest absolute Gasteiger partial charge is 0.356 e. The van der Waals surface area contributed by atoms with Gasteiger partial charge in [-0.1, -0.05) is 13.3 Å². The molecule has 7 nitrogen and oxygen atoms in total. The summed E-state index contributed by atoms with van der Waals surface area (Å²) in [5.41, 5.74) is 1.25. The summed E-state index contributed by atoms with van der Waals surface area (Å²) in [4.78, 5) is 6.90. The molecule has 0 atom stereocenters. The summed E-state index contributed by atoms with van der Waals surface area (Å²) in [6.45, 7) is 6.38. The number of rotatable bonds is 7. The minimum Gasteiger partial charge on any atom is -0.356 e. The van der Waals surface area contributed by atoms with E-state index in [2.05, 4.69) is 64.3 Å². The molecule has 0 saturated carbocycles. The lowest BCUT2D eigenvalue weighted by molar-refractivity contribution is 0.458. The van der Waals surface area contributed by atoms with E-state index in [0.717, 1.165) is 43.5 Å². The maximum Gasteiger partial charge on any atom is 0.194 e. The number of unbranched alkanes of at least 4 members (excludes halogenated alkanes) is 1. The van der Waals surface area contributed by atoms with Crippen molar-refractivity contribution >= 4 is 5.96 Å². The number of aliphatic imine (C=N–C) groups is 1. The molecule has 0 fully saturated rings. The highest BCUT2D eigenvalue weighted by atomic mass is 15.3. The Labute approximate surface area is 144 Å². The quantitative estimate of drug-likeness (QED) is 0.478. The van der Waals surface area contributed by atoms with Gasteiger partial charge in [0.15, 0.2) is 11.8 Å². The first-order valence-corrected chi connectivity index (χ1v) is 8.47. The van der Waals surface area contributed by atoms with E-state index in [1.54, 1.807) is 0 Å². The molecule has 132 valence electrons. The molecule has 2 heterocycles. The Balaban J connectivity index is 2.09. The van der Waals surface area contributed by atoms with Gasteiger partial charge in [-0.15, -0.1) is 10.2 Å². The molecule has 2 rings (SSSR count). The van der Waals surface area contributed by atoms with E-state index in [4.69, 9.17) is 4.99 Å². The minimum atomic E-state index is 0.517. The average Bonchev–Trinajstić information content (AvgIpc) is 3.10. The van der Waals surface area contributed by atoms with Gasteiger partial charge in [0.25, 0.3) is 0 Å². The molecular formula is C17H29N7. The monoisotopic (exact) mass is 331 g/mol. The smallest absolute Gasteiger partial charge is 0.194 e. The number of hydrogen-bond donors (Lipinski definition) is 1. The molecule has 0 saturated heterocycles. The molecule has 0 spiro atoms. The number of aryl methyl sites for hydroxylation is 2. The number of nitrogens with zero attached hydrogens (tertiary/aromatic N) is 6. The lowest BCUT2D eigenvalue weighted by Gasteiger charge is -2.23. The second-order valence-electron chi connectivity index (χ2n) is 6.11. The minimum absolute atomic E-state index is 0.517. The zero-order valence-corrected chi connectivity index (χ0v) is 15.5. The van der Waals surface area contributed by atoms with Gasteiger partial charge >= 0.3 is 0 Å². The van der Waals surface area contributed by atoms with Crippen molar-refractivity contribution in [2.24, 2.45) is 19.1 Å². The van der Waals surface area contributed by atoms with Crippen LogP contribution in [-0.4, -0.2) is 43.8 Å². The van der Waals surface area contributed by atoms with Gasteiger partial charge in [-0.05, 0) is 25.5 Å². The van der Waals surface area contributed by atoms with Gasteiger partial charge in [0.05, 0.1) is 6.54 Å². The summed E-state index contributed by atoms with van der Waals surface area (Å²) >= 11 is 0. The van der Waals surface area contributed by atoms with E-state index in [1.807, 2.05) is 18.5 Å². The summed E-state index contributed by atoms with van der Waals surface area (Å²) in [5.74, 6) is 2.66. The second-order valence-corrected chi connectivity index (χ2v) is 6.11. The first-order valence-electron chi connectivity index (χ1n) is 8.47. The molecule has 0 aliphatic carbocycles. The summed E-state index contributed by atoms with van der Waals surface area (Å²) < 4.78 is 4.11. The maximum absolute atomic E-state index is 4.75. The molecule has 0 aliphatic heterocycles. The molecule has 0 unspecified atom stereocenters. The van der Waals surface area contributed by atoms with Crippen molar-refractivity contribution in [1.82, 2.24) is 29.5 Å². The number of guanidine groups is 1. The van der Waals surface area contributed by atoms with Gasteiger partial charge < -0.3 is 19.4 Å². The zero-order valence-electron chi connectivity index (χ0n) is 15.5. The number of aromatic nitrogens is 4. The molecule has 0 radical (unpaired) electrons. The van der Waals surface area contributed by atoms with Crippen LogP contribution in [0.25, 0.3) is 0 Å². The van der Waals surface area contributed by atoms with E-state index >= 15 is 0 Å². The normalized spacial score (nSPS) is 11.8. The maximum atomic E-state index is 4.75. The standard InChI is InChI=1S/C17H29N7/c1-6-7-10-18-17(19-12-16-21-20-14(2)24(16)5)23(4)13-15-9-8-11-22(15)3/h8-9,11H,6-7,10,12-13H2,1-5H3,(H,18,19). The molecule has 0 aromatic carbocycles. The first-order chi connectivity index (χ1) is 11.5. The van der Waals surface area contributed by atoms with E-state index in [-0.39, 0.29) is 0 Å². The number of nitrogens with one attached hydrogen (secondary N) is 1. The van der Waals surface area contributed by atoms with Crippen molar-refractivity contribution in [3.05, 3.63) is 35.7 Å². The Bertz CT molecular complexity index is 668. The third-order valence-electron chi connectivity index (χ3n) is 4.18. The summed E-state index contributed by atoms with van der Waals surface area (Å²) in [5, 5.41) is 11.7. The second kappa shape index (κ2) is 8.52. The summed E-state index contributed by atoms with van der Waals surface area (Å²) in [6.07, 6.45) is 4.34. The van der Waals surface area contributed by atoms with Crippen molar-refractivity contribution < 1.29 is 0 Å². The van der Waals surface area contributed by atoms with Gasteiger partial charge in [-0.25, -0.2) is 4.99 Å². The molecule has 24 heavy (non-hydrogen) atoms.